The maximum Gasteiger partial charge on any atom is 0.310 e. The molecule has 1 aliphatic rings. The molecular formula is C12H22N2O3. The second-order valence-electron chi connectivity index (χ2n) is 5.68. The second kappa shape index (κ2) is 5.04. The van der Waals surface area contributed by atoms with E-state index >= 15 is 0 Å². The average Bonchev–Trinajstić information content (AvgIpc) is 2.26. The van der Waals surface area contributed by atoms with E-state index in [1.807, 2.05) is 6.92 Å². The lowest BCUT2D eigenvalue weighted by atomic mass is 9.80. The Morgan fingerprint density at radius 1 is 1.35 bits per heavy atom. The molecule has 0 aromatic heterocycles. The normalized spacial score (nSPS) is 19.7. The lowest BCUT2D eigenvalue weighted by Crippen LogP contribution is -2.48. The fraction of sp³-hybridized carbons (Fsp3) is 0.833. The van der Waals surface area contributed by atoms with Crippen molar-refractivity contribution in [1.29, 1.82) is 0 Å². The average molecular weight is 242 g/mol. The molecule has 0 atom stereocenters. The van der Waals surface area contributed by atoms with Gasteiger partial charge in [-0.3, -0.25) is 9.59 Å². The molecule has 1 rings (SSSR count). The monoisotopic (exact) mass is 242 g/mol. The fourth-order valence-corrected chi connectivity index (χ4v) is 1.80. The van der Waals surface area contributed by atoms with Crippen LogP contribution in [0.25, 0.3) is 0 Å². The smallest absolute Gasteiger partial charge is 0.310 e. The van der Waals surface area contributed by atoms with Crippen LogP contribution in [0, 0.1) is 10.8 Å². The van der Waals surface area contributed by atoms with E-state index in [2.05, 4.69) is 10.6 Å². The molecule has 1 saturated heterocycles. The maximum atomic E-state index is 12.1. The van der Waals surface area contributed by atoms with Gasteiger partial charge in [-0.05, 0) is 39.8 Å². The first-order chi connectivity index (χ1) is 7.78. The molecule has 5 nitrogen and oxygen atoms in total. The summed E-state index contributed by atoms with van der Waals surface area (Å²) in [4.78, 5) is 23.0. The van der Waals surface area contributed by atoms with Crippen LogP contribution in [0.2, 0.25) is 0 Å². The van der Waals surface area contributed by atoms with Crippen molar-refractivity contribution in [3.63, 3.8) is 0 Å². The molecule has 1 heterocycles. The number of hydrogen-bond donors (Lipinski definition) is 3. The van der Waals surface area contributed by atoms with Crippen LogP contribution < -0.4 is 10.6 Å². The van der Waals surface area contributed by atoms with Gasteiger partial charge >= 0.3 is 5.97 Å². The van der Waals surface area contributed by atoms with Crippen molar-refractivity contribution in [3.05, 3.63) is 0 Å². The summed E-state index contributed by atoms with van der Waals surface area (Å²) in [7, 11) is 0. The van der Waals surface area contributed by atoms with Gasteiger partial charge in [0.05, 0.1) is 5.41 Å². The van der Waals surface area contributed by atoms with Crippen molar-refractivity contribution in [2.45, 2.75) is 33.6 Å². The Morgan fingerprint density at radius 3 is 2.35 bits per heavy atom. The number of piperidine rings is 1. The SMILES string of the molecule is CC(C)(CNC(=O)C1(C)CCNCC1)C(=O)O. The number of carboxylic acids is 1. The Hall–Kier alpha value is -1.10. The molecule has 5 heteroatoms. The number of carboxylic acid groups (broad SMARTS) is 1. The highest BCUT2D eigenvalue weighted by atomic mass is 16.4. The molecule has 0 aromatic rings. The van der Waals surface area contributed by atoms with Gasteiger partial charge in [-0.25, -0.2) is 0 Å². The summed E-state index contributed by atoms with van der Waals surface area (Å²) >= 11 is 0. The van der Waals surface area contributed by atoms with Gasteiger partial charge in [-0.1, -0.05) is 6.92 Å². The molecule has 0 aliphatic carbocycles. The van der Waals surface area contributed by atoms with E-state index in [4.69, 9.17) is 5.11 Å². The van der Waals surface area contributed by atoms with Crippen LogP contribution in [0.1, 0.15) is 33.6 Å². The topological polar surface area (TPSA) is 78.4 Å². The van der Waals surface area contributed by atoms with Crippen molar-refractivity contribution in [2.24, 2.45) is 10.8 Å². The molecule has 0 radical (unpaired) electrons. The summed E-state index contributed by atoms with van der Waals surface area (Å²) in [5.41, 5.74) is -1.28. The van der Waals surface area contributed by atoms with Crippen LogP contribution in [-0.4, -0.2) is 36.6 Å². The summed E-state index contributed by atoms with van der Waals surface area (Å²) in [5.74, 6) is -0.929. The summed E-state index contributed by atoms with van der Waals surface area (Å²) in [6.45, 7) is 7.01. The van der Waals surface area contributed by atoms with E-state index in [0.717, 1.165) is 25.9 Å². The van der Waals surface area contributed by atoms with Crippen LogP contribution in [0.15, 0.2) is 0 Å². The van der Waals surface area contributed by atoms with E-state index < -0.39 is 11.4 Å². The van der Waals surface area contributed by atoms with Crippen molar-refractivity contribution in [3.8, 4) is 0 Å². The molecule has 0 saturated carbocycles. The number of aliphatic carboxylic acids is 1. The van der Waals surface area contributed by atoms with Crippen LogP contribution in [0.4, 0.5) is 0 Å². The number of nitrogens with one attached hydrogen (secondary N) is 2. The minimum absolute atomic E-state index is 0.0340. The molecule has 3 N–H and O–H groups in total. The minimum atomic E-state index is -0.918. The van der Waals surface area contributed by atoms with E-state index in [1.165, 1.54) is 0 Å². The summed E-state index contributed by atoms with van der Waals surface area (Å²) < 4.78 is 0. The van der Waals surface area contributed by atoms with Crippen LogP contribution >= 0.6 is 0 Å². The molecule has 17 heavy (non-hydrogen) atoms. The molecule has 0 spiro atoms. The predicted octanol–water partition coefficient (Wildman–Crippen LogP) is 0.603. The summed E-state index contributed by atoms with van der Waals surface area (Å²) in [6.07, 6.45) is 1.60. The fourth-order valence-electron chi connectivity index (χ4n) is 1.80. The summed E-state index contributed by atoms with van der Waals surface area (Å²) in [6, 6.07) is 0. The van der Waals surface area contributed by atoms with E-state index in [0.29, 0.717) is 0 Å². The van der Waals surface area contributed by atoms with Gasteiger partial charge < -0.3 is 15.7 Å². The Labute approximate surface area is 102 Å². The van der Waals surface area contributed by atoms with Crippen molar-refractivity contribution < 1.29 is 14.7 Å². The van der Waals surface area contributed by atoms with Gasteiger partial charge in [0, 0.05) is 12.0 Å². The van der Waals surface area contributed by atoms with Crippen LogP contribution in [0.3, 0.4) is 0 Å². The van der Waals surface area contributed by atoms with Crippen molar-refractivity contribution in [1.82, 2.24) is 10.6 Å². The molecule has 0 unspecified atom stereocenters. The molecule has 1 amide bonds. The van der Waals surface area contributed by atoms with Gasteiger partial charge in [-0.2, -0.15) is 0 Å². The molecule has 1 fully saturated rings. The number of carbonyl (C=O) groups is 2. The Balaban J connectivity index is 2.52. The third-order valence-corrected chi connectivity index (χ3v) is 3.53. The van der Waals surface area contributed by atoms with E-state index in [1.54, 1.807) is 13.8 Å². The molecule has 0 aromatic carbocycles. The highest BCUT2D eigenvalue weighted by Crippen LogP contribution is 2.28. The zero-order valence-electron chi connectivity index (χ0n) is 10.8. The number of hydrogen-bond acceptors (Lipinski definition) is 3. The third kappa shape index (κ3) is 3.43. The summed E-state index contributed by atoms with van der Waals surface area (Å²) in [5, 5.41) is 14.9. The Kier molecular flexibility index (Phi) is 4.14. The van der Waals surface area contributed by atoms with E-state index in [-0.39, 0.29) is 17.9 Å². The van der Waals surface area contributed by atoms with Crippen molar-refractivity contribution in [2.75, 3.05) is 19.6 Å². The van der Waals surface area contributed by atoms with Crippen LogP contribution in [-0.2, 0) is 9.59 Å². The van der Waals surface area contributed by atoms with Crippen LogP contribution in [0.5, 0.6) is 0 Å². The van der Waals surface area contributed by atoms with E-state index in [9.17, 15) is 9.59 Å². The number of rotatable bonds is 4. The Bertz CT molecular complexity index is 307. The predicted molar refractivity (Wildman–Crippen MR) is 64.6 cm³/mol. The van der Waals surface area contributed by atoms with Gasteiger partial charge in [0.1, 0.15) is 0 Å². The van der Waals surface area contributed by atoms with Gasteiger partial charge in [0.25, 0.3) is 0 Å². The largest absolute Gasteiger partial charge is 0.481 e. The van der Waals surface area contributed by atoms with Gasteiger partial charge in [0.2, 0.25) is 5.91 Å². The lowest BCUT2D eigenvalue weighted by molar-refractivity contribution is -0.147. The molecule has 98 valence electrons. The zero-order valence-corrected chi connectivity index (χ0v) is 10.8. The quantitative estimate of drug-likeness (QED) is 0.674. The first kappa shape index (κ1) is 14.0. The first-order valence-electron chi connectivity index (χ1n) is 6.00. The van der Waals surface area contributed by atoms with Gasteiger partial charge in [0.15, 0.2) is 0 Å². The minimum Gasteiger partial charge on any atom is -0.481 e. The third-order valence-electron chi connectivity index (χ3n) is 3.53. The molecule has 0 bridgehead atoms. The zero-order chi connectivity index (χ0) is 13.1. The maximum absolute atomic E-state index is 12.1. The van der Waals surface area contributed by atoms with Gasteiger partial charge in [-0.15, -0.1) is 0 Å². The highest BCUT2D eigenvalue weighted by molar-refractivity contribution is 5.83. The second-order valence-corrected chi connectivity index (χ2v) is 5.68. The lowest BCUT2D eigenvalue weighted by Gasteiger charge is -2.33. The van der Waals surface area contributed by atoms with Crippen molar-refractivity contribution >= 4 is 11.9 Å². The first-order valence-corrected chi connectivity index (χ1v) is 6.00. The standard InChI is InChI=1S/C12H22N2O3/c1-11(2,10(16)17)8-14-9(15)12(3)4-6-13-7-5-12/h13H,4-8H2,1-3H3,(H,14,15)(H,16,17). The number of carbonyl (C=O) groups excluding carboxylic acids is 1. The molecular weight excluding hydrogens is 220 g/mol. The Morgan fingerprint density at radius 2 is 1.88 bits per heavy atom. The number of amides is 1. The highest BCUT2D eigenvalue weighted by Gasteiger charge is 2.36. The molecule has 1 aliphatic heterocycles.